The first kappa shape index (κ1) is 11.5. The quantitative estimate of drug-likeness (QED) is 0.747. The summed E-state index contributed by atoms with van der Waals surface area (Å²) in [6.07, 6.45) is 6.18. The molecule has 1 fully saturated rings. The van der Waals surface area contributed by atoms with Crippen LogP contribution >= 0.6 is 0 Å². The molecule has 0 aromatic heterocycles. The standard InChI is InChI=1S/C12H22N2/c1-3-8-14-12(9-13)11-6-4-10(2)5-7-11/h10-12,14H,3-8H2,1-2H3. The van der Waals surface area contributed by atoms with Crippen molar-refractivity contribution in [1.29, 1.82) is 5.26 Å². The van der Waals surface area contributed by atoms with Crippen LogP contribution in [0.1, 0.15) is 46.0 Å². The van der Waals surface area contributed by atoms with Crippen molar-refractivity contribution in [2.75, 3.05) is 6.54 Å². The Morgan fingerprint density at radius 3 is 2.50 bits per heavy atom. The maximum Gasteiger partial charge on any atom is 0.0981 e. The lowest BCUT2D eigenvalue weighted by Crippen LogP contribution is -2.37. The topological polar surface area (TPSA) is 35.8 Å². The molecule has 1 atom stereocenters. The lowest BCUT2D eigenvalue weighted by Gasteiger charge is -2.29. The fraction of sp³-hybridized carbons (Fsp3) is 0.917. The van der Waals surface area contributed by atoms with Crippen molar-refractivity contribution in [3.05, 3.63) is 0 Å². The summed E-state index contributed by atoms with van der Waals surface area (Å²) in [5.74, 6) is 1.47. The molecule has 1 unspecified atom stereocenters. The van der Waals surface area contributed by atoms with Crippen molar-refractivity contribution in [2.24, 2.45) is 11.8 Å². The van der Waals surface area contributed by atoms with E-state index >= 15 is 0 Å². The summed E-state index contributed by atoms with van der Waals surface area (Å²) in [4.78, 5) is 0. The average molecular weight is 194 g/mol. The molecule has 0 bridgehead atoms. The second kappa shape index (κ2) is 6.03. The fourth-order valence-electron chi connectivity index (χ4n) is 2.24. The van der Waals surface area contributed by atoms with Crippen LogP contribution in [-0.4, -0.2) is 12.6 Å². The minimum Gasteiger partial charge on any atom is -0.302 e. The van der Waals surface area contributed by atoms with Crippen molar-refractivity contribution in [2.45, 2.75) is 52.0 Å². The van der Waals surface area contributed by atoms with Crippen LogP contribution in [0.4, 0.5) is 0 Å². The summed E-state index contributed by atoms with van der Waals surface area (Å²) in [7, 11) is 0. The summed E-state index contributed by atoms with van der Waals surface area (Å²) >= 11 is 0. The van der Waals surface area contributed by atoms with E-state index in [0.29, 0.717) is 5.92 Å². The molecule has 0 aliphatic heterocycles. The third-order valence-electron chi connectivity index (χ3n) is 3.29. The van der Waals surface area contributed by atoms with Gasteiger partial charge in [0.05, 0.1) is 12.1 Å². The third-order valence-corrected chi connectivity index (χ3v) is 3.29. The predicted octanol–water partition coefficient (Wildman–Crippen LogP) is 2.70. The molecule has 1 saturated carbocycles. The second-order valence-corrected chi connectivity index (χ2v) is 4.58. The summed E-state index contributed by atoms with van der Waals surface area (Å²) in [5, 5.41) is 12.4. The molecule has 14 heavy (non-hydrogen) atoms. The smallest absolute Gasteiger partial charge is 0.0981 e. The van der Waals surface area contributed by atoms with Gasteiger partial charge in [-0.3, -0.25) is 0 Å². The van der Waals surface area contributed by atoms with Crippen molar-refractivity contribution in [1.82, 2.24) is 5.32 Å². The van der Waals surface area contributed by atoms with Gasteiger partial charge in [-0.2, -0.15) is 5.26 Å². The van der Waals surface area contributed by atoms with Crippen LogP contribution in [0, 0.1) is 23.2 Å². The maximum absolute atomic E-state index is 9.06. The Bertz CT molecular complexity index is 187. The van der Waals surface area contributed by atoms with Crippen LogP contribution in [0.3, 0.4) is 0 Å². The van der Waals surface area contributed by atoms with Crippen molar-refractivity contribution in [3.8, 4) is 6.07 Å². The summed E-state index contributed by atoms with van der Waals surface area (Å²) < 4.78 is 0. The monoisotopic (exact) mass is 194 g/mol. The third kappa shape index (κ3) is 3.31. The largest absolute Gasteiger partial charge is 0.302 e. The summed E-state index contributed by atoms with van der Waals surface area (Å²) in [6.45, 7) is 5.44. The molecule has 0 saturated heterocycles. The minimum absolute atomic E-state index is 0.0995. The molecule has 1 aliphatic rings. The van der Waals surface area contributed by atoms with Gasteiger partial charge in [0.1, 0.15) is 0 Å². The zero-order chi connectivity index (χ0) is 10.4. The molecule has 1 rings (SSSR count). The van der Waals surface area contributed by atoms with E-state index in [4.69, 9.17) is 5.26 Å². The van der Waals surface area contributed by atoms with Crippen LogP contribution in [0.5, 0.6) is 0 Å². The Labute approximate surface area is 87.7 Å². The van der Waals surface area contributed by atoms with Crippen molar-refractivity contribution < 1.29 is 0 Å². The van der Waals surface area contributed by atoms with Crippen LogP contribution in [0.2, 0.25) is 0 Å². The van der Waals surface area contributed by atoms with E-state index in [1.165, 1.54) is 25.7 Å². The highest BCUT2D eigenvalue weighted by atomic mass is 14.9. The highest BCUT2D eigenvalue weighted by Gasteiger charge is 2.25. The van der Waals surface area contributed by atoms with Gasteiger partial charge in [-0.1, -0.05) is 26.7 Å². The molecule has 1 aliphatic carbocycles. The van der Waals surface area contributed by atoms with Crippen LogP contribution < -0.4 is 5.32 Å². The Balaban J connectivity index is 2.34. The lowest BCUT2D eigenvalue weighted by atomic mass is 9.79. The van der Waals surface area contributed by atoms with Crippen LogP contribution in [0.15, 0.2) is 0 Å². The first-order chi connectivity index (χ1) is 6.77. The van der Waals surface area contributed by atoms with E-state index in [0.717, 1.165) is 18.9 Å². The molecule has 0 heterocycles. The molecule has 0 aromatic carbocycles. The lowest BCUT2D eigenvalue weighted by molar-refractivity contribution is 0.256. The molecule has 0 spiro atoms. The van der Waals surface area contributed by atoms with Gasteiger partial charge < -0.3 is 5.32 Å². The van der Waals surface area contributed by atoms with E-state index in [-0.39, 0.29) is 6.04 Å². The Kier molecular flexibility index (Phi) is 4.97. The molecule has 0 amide bonds. The molecule has 1 N–H and O–H groups in total. The fourth-order valence-corrected chi connectivity index (χ4v) is 2.24. The van der Waals surface area contributed by atoms with Gasteiger partial charge in [-0.15, -0.1) is 0 Å². The highest BCUT2D eigenvalue weighted by molar-refractivity contribution is 4.96. The van der Waals surface area contributed by atoms with Gasteiger partial charge in [-0.25, -0.2) is 0 Å². The number of nitrogens with one attached hydrogen (secondary N) is 1. The first-order valence-corrected chi connectivity index (χ1v) is 5.91. The predicted molar refractivity (Wildman–Crippen MR) is 58.8 cm³/mol. The summed E-state index contributed by atoms with van der Waals surface area (Å²) in [5.41, 5.74) is 0. The van der Waals surface area contributed by atoms with Crippen molar-refractivity contribution >= 4 is 0 Å². The van der Waals surface area contributed by atoms with Gasteiger partial charge in [-0.05, 0) is 37.6 Å². The minimum atomic E-state index is 0.0995. The first-order valence-electron chi connectivity index (χ1n) is 5.91. The Morgan fingerprint density at radius 1 is 1.36 bits per heavy atom. The summed E-state index contributed by atoms with van der Waals surface area (Å²) in [6, 6.07) is 2.51. The Hall–Kier alpha value is -0.550. The maximum atomic E-state index is 9.06. The molecule has 2 nitrogen and oxygen atoms in total. The second-order valence-electron chi connectivity index (χ2n) is 4.58. The van der Waals surface area contributed by atoms with E-state index in [1.807, 2.05) is 0 Å². The number of hydrogen-bond donors (Lipinski definition) is 1. The molecule has 0 radical (unpaired) electrons. The van der Waals surface area contributed by atoms with E-state index in [1.54, 1.807) is 0 Å². The molecular formula is C12H22N2. The van der Waals surface area contributed by atoms with Crippen LogP contribution in [0.25, 0.3) is 0 Å². The zero-order valence-corrected chi connectivity index (χ0v) is 9.42. The van der Waals surface area contributed by atoms with Crippen LogP contribution in [-0.2, 0) is 0 Å². The molecule has 2 heteroatoms. The molecule has 0 aromatic rings. The van der Waals surface area contributed by atoms with E-state index in [9.17, 15) is 0 Å². The Morgan fingerprint density at radius 2 is 2.00 bits per heavy atom. The SMILES string of the molecule is CCCNC(C#N)C1CCC(C)CC1. The normalized spacial score (nSPS) is 29.5. The highest BCUT2D eigenvalue weighted by Crippen LogP contribution is 2.30. The van der Waals surface area contributed by atoms with Gasteiger partial charge >= 0.3 is 0 Å². The number of nitrogens with zero attached hydrogens (tertiary/aromatic N) is 1. The number of hydrogen-bond acceptors (Lipinski definition) is 2. The van der Waals surface area contributed by atoms with Gasteiger partial charge in [0, 0.05) is 0 Å². The van der Waals surface area contributed by atoms with E-state index in [2.05, 4.69) is 25.2 Å². The number of rotatable bonds is 4. The van der Waals surface area contributed by atoms with Gasteiger partial charge in [0.15, 0.2) is 0 Å². The molecule has 80 valence electrons. The number of nitriles is 1. The van der Waals surface area contributed by atoms with Crippen molar-refractivity contribution in [3.63, 3.8) is 0 Å². The average Bonchev–Trinajstić information content (AvgIpc) is 2.21. The van der Waals surface area contributed by atoms with Gasteiger partial charge in [0.2, 0.25) is 0 Å². The van der Waals surface area contributed by atoms with E-state index < -0.39 is 0 Å². The molecular weight excluding hydrogens is 172 g/mol. The zero-order valence-electron chi connectivity index (χ0n) is 9.42. The van der Waals surface area contributed by atoms with Gasteiger partial charge in [0.25, 0.3) is 0 Å².